The number of carbonyl (C=O) groups is 1. The molecular weight excluding hydrogens is 328 g/mol. The van der Waals surface area contributed by atoms with Crippen LogP contribution in [0.25, 0.3) is 6.08 Å². The average molecular weight is 350 g/mol. The van der Waals surface area contributed by atoms with E-state index in [4.69, 9.17) is 14.2 Å². The molecule has 0 aromatic heterocycles. The van der Waals surface area contributed by atoms with Crippen LogP contribution in [0, 0.1) is 0 Å². The molecule has 0 radical (unpaired) electrons. The van der Waals surface area contributed by atoms with Gasteiger partial charge in [-0.25, -0.2) is 0 Å². The number of carbonyl (C=O) groups excluding carboxylic acids is 1. The largest absolute Gasteiger partial charge is 0.496 e. The van der Waals surface area contributed by atoms with Crippen molar-refractivity contribution in [2.45, 2.75) is 19.4 Å². The van der Waals surface area contributed by atoms with E-state index in [0.717, 1.165) is 11.1 Å². The van der Waals surface area contributed by atoms with Crippen LogP contribution in [0.4, 0.5) is 0 Å². The van der Waals surface area contributed by atoms with E-state index in [1.165, 1.54) is 7.11 Å². The number of fused-ring (bicyclic) bond motifs is 1. The molecule has 4 heteroatoms. The highest BCUT2D eigenvalue weighted by Crippen LogP contribution is 2.46. The highest BCUT2D eigenvalue weighted by atomic mass is 16.5. The Kier molecular flexibility index (Phi) is 5.12. The number of rotatable bonds is 5. The van der Waals surface area contributed by atoms with Gasteiger partial charge in [-0.2, -0.15) is 0 Å². The van der Waals surface area contributed by atoms with Crippen LogP contribution in [0.3, 0.4) is 0 Å². The van der Waals surface area contributed by atoms with Gasteiger partial charge in [0, 0.05) is 6.07 Å². The maximum atomic E-state index is 12.9. The van der Waals surface area contributed by atoms with Crippen LogP contribution >= 0.6 is 0 Å². The Hall–Kier alpha value is -3.01. The molecule has 2 aromatic rings. The third-order valence-corrected chi connectivity index (χ3v) is 4.30. The molecule has 0 saturated carbocycles. The van der Waals surface area contributed by atoms with Crippen molar-refractivity contribution in [3.63, 3.8) is 0 Å². The van der Waals surface area contributed by atoms with Gasteiger partial charge in [-0.15, -0.1) is 0 Å². The monoisotopic (exact) mass is 350 g/mol. The Labute approximate surface area is 153 Å². The van der Waals surface area contributed by atoms with Gasteiger partial charge < -0.3 is 14.2 Å². The van der Waals surface area contributed by atoms with E-state index in [1.54, 1.807) is 13.2 Å². The zero-order valence-corrected chi connectivity index (χ0v) is 15.2. The quantitative estimate of drug-likeness (QED) is 0.712. The normalized spacial score (nSPS) is 16.1. The summed E-state index contributed by atoms with van der Waals surface area (Å²) in [5.74, 6) is 1.52. The van der Waals surface area contributed by atoms with Crippen molar-refractivity contribution in [1.82, 2.24) is 0 Å². The van der Waals surface area contributed by atoms with Gasteiger partial charge in [-0.1, -0.05) is 48.6 Å². The summed E-state index contributed by atoms with van der Waals surface area (Å²) in [5.41, 5.74) is 3.02. The molecule has 1 heterocycles. The number of benzene rings is 2. The molecule has 0 fully saturated rings. The molecule has 1 aliphatic rings. The molecule has 0 bridgehead atoms. The molecule has 0 amide bonds. The Bertz CT molecular complexity index is 865. The first-order valence-corrected chi connectivity index (χ1v) is 8.42. The maximum absolute atomic E-state index is 12.9. The topological polar surface area (TPSA) is 44.8 Å². The molecule has 2 aromatic carbocycles. The summed E-state index contributed by atoms with van der Waals surface area (Å²) in [4.78, 5) is 12.9. The molecule has 134 valence electrons. The minimum atomic E-state index is -0.343. The molecule has 3 rings (SSSR count). The predicted molar refractivity (Wildman–Crippen MR) is 102 cm³/mol. The number of allylic oxidation sites excluding steroid dienone is 2. The smallest absolute Gasteiger partial charge is 0.174 e. The van der Waals surface area contributed by atoms with E-state index in [-0.39, 0.29) is 18.3 Å². The minimum Gasteiger partial charge on any atom is -0.496 e. The van der Waals surface area contributed by atoms with Gasteiger partial charge >= 0.3 is 0 Å². The standard InChI is InChI=1S/C22H22O4/c1-14(2)10-11-16-19(24-3)13-20(25-4)21-17(23)12-18(26-22(16)21)15-8-6-5-7-9-15/h5-11,13,18H,1,12H2,2-4H3/b11-10+/t18-/m0/s1. The Balaban J connectivity index is 2.17. The number of methoxy groups -OCH3 is 2. The van der Waals surface area contributed by atoms with Crippen LogP contribution in [0.2, 0.25) is 0 Å². The van der Waals surface area contributed by atoms with Crippen LogP contribution < -0.4 is 14.2 Å². The molecule has 1 aliphatic heterocycles. The Morgan fingerprint density at radius 2 is 1.88 bits per heavy atom. The van der Waals surface area contributed by atoms with Crippen LogP contribution in [-0.4, -0.2) is 20.0 Å². The zero-order valence-electron chi connectivity index (χ0n) is 15.2. The Morgan fingerprint density at radius 1 is 1.19 bits per heavy atom. The van der Waals surface area contributed by atoms with Gasteiger partial charge in [0.15, 0.2) is 5.78 Å². The van der Waals surface area contributed by atoms with Crippen molar-refractivity contribution in [3.05, 3.63) is 71.3 Å². The summed E-state index contributed by atoms with van der Waals surface area (Å²) in [6.45, 7) is 5.79. The van der Waals surface area contributed by atoms with E-state index >= 15 is 0 Å². The fourth-order valence-electron chi connectivity index (χ4n) is 3.04. The minimum absolute atomic E-state index is 0.00965. The highest BCUT2D eigenvalue weighted by molar-refractivity contribution is 6.04. The van der Waals surface area contributed by atoms with Gasteiger partial charge in [-0.05, 0) is 18.6 Å². The average Bonchev–Trinajstić information content (AvgIpc) is 2.65. The first-order chi connectivity index (χ1) is 12.5. The molecule has 0 saturated heterocycles. The molecule has 1 atom stereocenters. The van der Waals surface area contributed by atoms with E-state index in [1.807, 2.05) is 49.4 Å². The molecule has 0 aliphatic carbocycles. The van der Waals surface area contributed by atoms with Gasteiger partial charge in [0.25, 0.3) is 0 Å². The van der Waals surface area contributed by atoms with E-state index < -0.39 is 0 Å². The lowest BCUT2D eigenvalue weighted by atomic mass is 9.93. The maximum Gasteiger partial charge on any atom is 0.174 e. The number of hydrogen-bond acceptors (Lipinski definition) is 4. The SMILES string of the molecule is C=C(C)/C=C/c1c(OC)cc(OC)c2c1O[C@H](c1ccccc1)CC2=O. The van der Waals surface area contributed by atoms with Crippen LogP contribution in [-0.2, 0) is 0 Å². The summed E-state index contributed by atoms with van der Waals surface area (Å²) in [6, 6.07) is 11.5. The van der Waals surface area contributed by atoms with Crippen LogP contribution in [0.5, 0.6) is 17.2 Å². The summed E-state index contributed by atoms with van der Waals surface area (Å²) in [5, 5.41) is 0. The van der Waals surface area contributed by atoms with Crippen LogP contribution in [0.1, 0.15) is 40.9 Å². The summed E-state index contributed by atoms with van der Waals surface area (Å²) < 4.78 is 17.2. The van der Waals surface area contributed by atoms with E-state index in [0.29, 0.717) is 28.4 Å². The summed E-state index contributed by atoms with van der Waals surface area (Å²) in [7, 11) is 3.12. The fourth-order valence-corrected chi connectivity index (χ4v) is 3.04. The third kappa shape index (κ3) is 3.36. The number of Topliss-reactive ketones (excluding diaryl/α,β-unsaturated/α-hetero) is 1. The predicted octanol–water partition coefficient (Wildman–Crippen LogP) is 5.00. The van der Waals surface area contributed by atoms with Gasteiger partial charge in [0.1, 0.15) is 28.9 Å². The first-order valence-electron chi connectivity index (χ1n) is 8.42. The number of ether oxygens (including phenoxy) is 3. The highest BCUT2D eigenvalue weighted by Gasteiger charge is 2.33. The number of ketones is 1. The molecule has 0 N–H and O–H groups in total. The van der Waals surface area contributed by atoms with Gasteiger partial charge in [0.05, 0.1) is 26.2 Å². The fraction of sp³-hybridized carbons (Fsp3) is 0.227. The molecule has 0 unspecified atom stereocenters. The van der Waals surface area contributed by atoms with Crippen molar-refractivity contribution in [2.24, 2.45) is 0 Å². The van der Waals surface area contributed by atoms with Crippen molar-refractivity contribution < 1.29 is 19.0 Å². The molecule has 4 nitrogen and oxygen atoms in total. The second-order valence-corrected chi connectivity index (χ2v) is 6.22. The lowest BCUT2D eigenvalue weighted by Crippen LogP contribution is -2.22. The molecular formula is C22H22O4. The summed E-state index contributed by atoms with van der Waals surface area (Å²) >= 11 is 0. The van der Waals surface area contributed by atoms with Gasteiger partial charge in [-0.3, -0.25) is 4.79 Å². The van der Waals surface area contributed by atoms with E-state index in [2.05, 4.69) is 6.58 Å². The van der Waals surface area contributed by atoms with E-state index in [9.17, 15) is 4.79 Å². The van der Waals surface area contributed by atoms with Crippen molar-refractivity contribution in [1.29, 1.82) is 0 Å². The van der Waals surface area contributed by atoms with Crippen molar-refractivity contribution in [3.8, 4) is 17.2 Å². The second-order valence-electron chi connectivity index (χ2n) is 6.22. The number of hydrogen-bond donors (Lipinski definition) is 0. The first kappa shape index (κ1) is 17.8. The zero-order chi connectivity index (χ0) is 18.7. The Morgan fingerprint density at radius 3 is 2.50 bits per heavy atom. The summed E-state index contributed by atoms with van der Waals surface area (Å²) in [6.07, 6.45) is 3.65. The second kappa shape index (κ2) is 7.48. The van der Waals surface area contributed by atoms with Gasteiger partial charge in [0.2, 0.25) is 0 Å². The molecule has 26 heavy (non-hydrogen) atoms. The lowest BCUT2D eigenvalue weighted by molar-refractivity contribution is 0.0843. The van der Waals surface area contributed by atoms with Crippen molar-refractivity contribution in [2.75, 3.05) is 14.2 Å². The van der Waals surface area contributed by atoms with Crippen molar-refractivity contribution >= 4 is 11.9 Å². The lowest BCUT2D eigenvalue weighted by Gasteiger charge is -2.29. The van der Waals surface area contributed by atoms with Crippen LogP contribution in [0.15, 0.2) is 54.6 Å². The molecule has 0 spiro atoms. The third-order valence-electron chi connectivity index (χ3n) is 4.30.